The number of hydrogen-bond acceptors (Lipinski definition) is 6. The van der Waals surface area contributed by atoms with Crippen molar-refractivity contribution in [2.24, 2.45) is 0 Å². The van der Waals surface area contributed by atoms with Crippen LogP contribution in [0.4, 0.5) is 5.69 Å². The maximum Gasteiger partial charge on any atom is 0.248 e. The zero-order chi connectivity index (χ0) is 22.1. The standard InChI is InChI=1S/C19H24Cl2N4O4S/c1-12-18(14(3)29-23-12)30(27,28)25-8-4-7-24(9-10-25)13(2)19(26)22-17-6-5-15(20)11-16(17)21/h5-6,11,13H,4,7-10H2,1-3H3,(H,22,26)/t13-/m0/s1. The molecule has 1 N–H and O–H groups in total. The highest BCUT2D eigenvalue weighted by Gasteiger charge is 2.33. The number of aryl methyl sites for hydroxylation is 2. The summed E-state index contributed by atoms with van der Waals surface area (Å²) in [6.45, 7) is 6.64. The minimum Gasteiger partial charge on any atom is -0.360 e. The summed E-state index contributed by atoms with van der Waals surface area (Å²) in [6.07, 6.45) is 0.599. The van der Waals surface area contributed by atoms with E-state index in [1.165, 1.54) is 4.31 Å². The number of hydrogen-bond donors (Lipinski definition) is 1. The molecule has 3 rings (SSSR count). The number of nitrogens with zero attached hydrogens (tertiary/aromatic N) is 3. The van der Waals surface area contributed by atoms with Crippen LogP contribution < -0.4 is 5.32 Å². The van der Waals surface area contributed by atoms with Crippen LogP contribution in [0.15, 0.2) is 27.6 Å². The van der Waals surface area contributed by atoms with Gasteiger partial charge in [-0.1, -0.05) is 28.4 Å². The zero-order valence-corrected chi connectivity index (χ0v) is 19.3. The quantitative estimate of drug-likeness (QED) is 0.713. The number of rotatable bonds is 5. The molecule has 2 heterocycles. The van der Waals surface area contributed by atoms with Crippen LogP contribution >= 0.6 is 23.2 Å². The van der Waals surface area contributed by atoms with Crippen LogP contribution in [0.5, 0.6) is 0 Å². The highest BCUT2D eigenvalue weighted by atomic mass is 35.5. The van der Waals surface area contributed by atoms with Gasteiger partial charge in [-0.3, -0.25) is 9.69 Å². The summed E-state index contributed by atoms with van der Waals surface area (Å²) >= 11 is 12.0. The molecule has 1 atom stereocenters. The van der Waals surface area contributed by atoms with Crippen molar-refractivity contribution in [1.82, 2.24) is 14.4 Å². The fourth-order valence-corrected chi connectivity index (χ4v) is 5.72. The summed E-state index contributed by atoms with van der Waals surface area (Å²) in [5.74, 6) is 0.0578. The molecule has 1 amide bonds. The molecule has 0 radical (unpaired) electrons. The molecule has 0 spiro atoms. The fraction of sp³-hybridized carbons (Fsp3) is 0.474. The normalized spacial score (nSPS) is 17.5. The Morgan fingerprint density at radius 1 is 1.20 bits per heavy atom. The van der Waals surface area contributed by atoms with Crippen LogP contribution in [0.25, 0.3) is 0 Å². The van der Waals surface area contributed by atoms with E-state index in [-0.39, 0.29) is 23.1 Å². The molecular formula is C19H24Cl2N4O4S. The highest BCUT2D eigenvalue weighted by molar-refractivity contribution is 7.89. The molecule has 164 valence electrons. The summed E-state index contributed by atoms with van der Waals surface area (Å²) in [6, 6.07) is 4.40. The lowest BCUT2D eigenvalue weighted by Gasteiger charge is -2.27. The van der Waals surface area contributed by atoms with Gasteiger partial charge in [0.25, 0.3) is 0 Å². The average Bonchev–Trinajstić information content (AvgIpc) is 2.88. The van der Waals surface area contributed by atoms with Crippen molar-refractivity contribution in [2.75, 3.05) is 31.5 Å². The maximum absolute atomic E-state index is 13.1. The molecule has 1 aromatic heterocycles. The van der Waals surface area contributed by atoms with Crippen molar-refractivity contribution in [3.8, 4) is 0 Å². The summed E-state index contributed by atoms with van der Waals surface area (Å²) < 4.78 is 32.6. The van der Waals surface area contributed by atoms with Gasteiger partial charge in [0.05, 0.1) is 16.8 Å². The Kier molecular flexibility index (Phi) is 7.09. The van der Waals surface area contributed by atoms with Gasteiger partial charge in [0.15, 0.2) is 5.76 Å². The second-order valence-corrected chi connectivity index (χ2v) is 9.95. The molecule has 0 unspecified atom stereocenters. The Balaban J connectivity index is 1.67. The Morgan fingerprint density at radius 2 is 1.93 bits per heavy atom. The van der Waals surface area contributed by atoms with Gasteiger partial charge in [0.2, 0.25) is 15.9 Å². The van der Waals surface area contributed by atoms with E-state index >= 15 is 0 Å². The number of sulfonamides is 1. The van der Waals surface area contributed by atoms with Crippen molar-refractivity contribution < 1.29 is 17.7 Å². The van der Waals surface area contributed by atoms with Crippen molar-refractivity contribution in [3.63, 3.8) is 0 Å². The third-order valence-electron chi connectivity index (χ3n) is 5.17. The molecule has 2 aromatic rings. The molecule has 0 bridgehead atoms. The minimum absolute atomic E-state index is 0.124. The molecule has 1 aliphatic heterocycles. The lowest BCUT2D eigenvalue weighted by Crippen LogP contribution is -2.44. The molecule has 11 heteroatoms. The van der Waals surface area contributed by atoms with Crippen molar-refractivity contribution in [1.29, 1.82) is 0 Å². The van der Waals surface area contributed by atoms with Crippen molar-refractivity contribution >= 4 is 44.8 Å². The van der Waals surface area contributed by atoms with Crippen LogP contribution in [-0.4, -0.2) is 60.9 Å². The van der Waals surface area contributed by atoms with Gasteiger partial charge in [-0.15, -0.1) is 0 Å². The zero-order valence-electron chi connectivity index (χ0n) is 17.0. The maximum atomic E-state index is 13.1. The summed E-state index contributed by atoms with van der Waals surface area (Å²) in [5.41, 5.74) is 0.830. The van der Waals surface area contributed by atoms with Gasteiger partial charge >= 0.3 is 0 Å². The lowest BCUT2D eigenvalue weighted by molar-refractivity contribution is -0.120. The Labute approximate surface area is 186 Å². The van der Waals surface area contributed by atoms with Gasteiger partial charge in [-0.05, 0) is 45.4 Å². The monoisotopic (exact) mass is 474 g/mol. The van der Waals surface area contributed by atoms with E-state index < -0.39 is 16.1 Å². The summed E-state index contributed by atoms with van der Waals surface area (Å²) in [7, 11) is -3.71. The first-order chi connectivity index (χ1) is 14.1. The average molecular weight is 475 g/mol. The molecule has 30 heavy (non-hydrogen) atoms. The van der Waals surface area contributed by atoms with Crippen LogP contribution in [0.3, 0.4) is 0 Å². The summed E-state index contributed by atoms with van der Waals surface area (Å²) in [4.78, 5) is 14.8. The van der Waals surface area contributed by atoms with Crippen LogP contribution in [-0.2, 0) is 14.8 Å². The number of carbonyl (C=O) groups is 1. The fourth-order valence-electron chi connectivity index (χ4n) is 3.51. The van der Waals surface area contributed by atoms with E-state index in [1.54, 1.807) is 39.0 Å². The molecule has 0 aliphatic carbocycles. The predicted molar refractivity (Wildman–Crippen MR) is 115 cm³/mol. The summed E-state index contributed by atoms with van der Waals surface area (Å²) in [5, 5.41) is 7.41. The van der Waals surface area contributed by atoms with Crippen molar-refractivity contribution in [3.05, 3.63) is 39.7 Å². The lowest BCUT2D eigenvalue weighted by atomic mass is 10.2. The molecule has 8 nitrogen and oxygen atoms in total. The Bertz CT molecular complexity index is 1020. The van der Waals surface area contributed by atoms with Crippen LogP contribution in [0, 0.1) is 13.8 Å². The van der Waals surface area contributed by atoms with Gasteiger partial charge < -0.3 is 9.84 Å². The van der Waals surface area contributed by atoms with Gasteiger partial charge in [0.1, 0.15) is 10.6 Å². The molecule has 1 saturated heterocycles. The van der Waals surface area contributed by atoms with E-state index in [2.05, 4.69) is 10.5 Å². The predicted octanol–water partition coefficient (Wildman–Crippen LogP) is 3.32. The number of carbonyl (C=O) groups excluding carboxylic acids is 1. The third-order valence-corrected chi connectivity index (χ3v) is 7.86. The number of benzene rings is 1. The van der Waals surface area contributed by atoms with Gasteiger partial charge in [0, 0.05) is 31.2 Å². The SMILES string of the molecule is Cc1noc(C)c1S(=O)(=O)N1CCCN([C@@H](C)C(=O)Nc2ccc(Cl)cc2Cl)CC1. The van der Waals surface area contributed by atoms with E-state index in [4.69, 9.17) is 27.7 Å². The minimum atomic E-state index is -3.71. The molecule has 1 fully saturated rings. The number of amides is 1. The van der Waals surface area contributed by atoms with Gasteiger partial charge in [-0.25, -0.2) is 8.42 Å². The number of halogens is 2. The van der Waals surface area contributed by atoms with E-state index in [1.807, 2.05) is 4.90 Å². The molecule has 0 saturated carbocycles. The smallest absolute Gasteiger partial charge is 0.248 e. The Morgan fingerprint density at radius 3 is 2.57 bits per heavy atom. The van der Waals surface area contributed by atoms with E-state index in [0.717, 1.165) is 0 Å². The highest BCUT2D eigenvalue weighted by Crippen LogP contribution is 2.27. The van der Waals surface area contributed by atoms with Crippen LogP contribution in [0.1, 0.15) is 24.8 Å². The first-order valence-corrected chi connectivity index (χ1v) is 11.7. The third kappa shape index (κ3) is 4.81. The number of aromatic nitrogens is 1. The first-order valence-electron chi connectivity index (χ1n) is 9.54. The molecule has 1 aliphatic rings. The first kappa shape index (κ1) is 23.0. The number of nitrogens with one attached hydrogen (secondary N) is 1. The number of anilines is 1. The topological polar surface area (TPSA) is 95.8 Å². The largest absolute Gasteiger partial charge is 0.360 e. The molecular weight excluding hydrogens is 451 g/mol. The van der Waals surface area contributed by atoms with E-state index in [9.17, 15) is 13.2 Å². The second kappa shape index (κ2) is 9.23. The van der Waals surface area contributed by atoms with Crippen molar-refractivity contribution in [2.45, 2.75) is 38.1 Å². The van der Waals surface area contributed by atoms with Gasteiger partial charge in [-0.2, -0.15) is 4.31 Å². The second-order valence-electron chi connectivity index (χ2n) is 7.24. The molecule has 1 aromatic carbocycles. The Hall–Kier alpha value is -1.65. The van der Waals surface area contributed by atoms with E-state index in [0.29, 0.717) is 47.5 Å². The van der Waals surface area contributed by atoms with Crippen LogP contribution in [0.2, 0.25) is 10.0 Å².